The number of rotatable bonds is 6. The first-order valence-electron chi connectivity index (χ1n) is 6.65. The van der Waals surface area contributed by atoms with Crippen molar-refractivity contribution in [2.75, 3.05) is 12.3 Å². The summed E-state index contributed by atoms with van der Waals surface area (Å²) in [6.45, 7) is 5.25. The van der Waals surface area contributed by atoms with Crippen LogP contribution in [0.3, 0.4) is 0 Å². The molecule has 0 amide bonds. The molecular weight excluding hydrogens is 254 g/mol. The lowest BCUT2D eigenvalue weighted by atomic mass is 10.1. The quantitative estimate of drug-likeness (QED) is 0.628. The van der Waals surface area contributed by atoms with E-state index >= 15 is 0 Å². The molecule has 3 nitrogen and oxygen atoms in total. The van der Waals surface area contributed by atoms with E-state index < -0.39 is 0 Å². The highest BCUT2D eigenvalue weighted by Crippen LogP contribution is 2.18. The third kappa shape index (κ3) is 4.33. The first kappa shape index (κ1) is 14.0. The molecule has 0 spiro atoms. The van der Waals surface area contributed by atoms with Gasteiger partial charge in [-0.2, -0.15) is 0 Å². The minimum atomic E-state index is 0.333. The van der Waals surface area contributed by atoms with E-state index in [0.717, 1.165) is 25.1 Å². The number of nitrogens with zero attached hydrogens (tertiary/aromatic N) is 1. The maximum Gasteiger partial charge on any atom is 0.109 e. The Morgan fingerprint density at radius 2 is 2.26 bits per heavy atom. The van der Waals surface area contributed by atoms with E-state index in [2.05, 4.69) is 30.2 Å². The molecule has 1 heterocycles. The topological polar surface area (TPSA) is 50.9 Å². The molecule has 1 unspecified atom stereocenters. The van der Waals surface area contributed by atoms with Crippen LogP contribution in [0.4, 0.5) is 5.69 Å². The van der Waals surface area contributed by atoms with Crippen molar-refractivity contribution in [1.82, 2.24) is 10.3 Å². The van der Waals surface area contributed by atoms with Crippen LogP contribution in [0, 0.1) is 6.92 Å². The second-order valence-electron chi connectivity index (χ2n) is 4.83. The van der Waals surface area contributed by atoms with Gasteiger partial charge >= 0.3 is 0 Å². The number of aryl methyl sites for hydroxylation is 2. The summed E-state index contributed by atoms with van der Waals surface area (Å²) in [5, 5.41) is 4.68. The van der Waals surface area contributed by atoms with Crippen molar-refractivity contribution in [3.05, 3.63) is 45.9 Å². The minimum Gasteiger partial charge on any atom is -0.399 e. The molecule has 1 aromatic heterocycles. The van der Waals surface area contributed by atoms with Crippen LogP contribution in [0.5, 0.6) is 0 Å². The van der Waals surface area contributed by atoms with Gasteiger partial charge in [0.25, 0.3) is 0 Å². The average Bonchev–Trinajstić information content (AvgIpc) is 2.81. The first-order chi connectivity index (χ1) is 9.15. The molecule has 0 radical (unpaired) electrons. The predicted molar refractivity (Wildman–Crippen MR) is 82.4 cm³/mol. The fraction of sp³-hybridized carbons (Fsp3) is 0.400. The zero-order chi connectivity index (χ0) is 13.7. The van der Waals surface area contributed by atoms with Gasteiger partial charge in [0.1, 0.15) is 5.01 Å². The normalized spacial score (nSPS) is 12.5. The zero-order valence-electron chi connectivity index (χ0n) is 11.5. The summed E-state index contributed by atoms with van der Waals surface area (Å²) >= 11 is 1.76. The van der Waals surface area contributed by atoms with Crippen LogP contribution in [0.25, 0.3) is 0 Å². The molecular formula is C15H21N3S. The lowest BCUT2D eigenvalue weighted by molar-refractivity contribution is 0.556. The van der Waals surface area contributed by atoms with E-state index in [-0.39, 0.29) is 0 Å². The van der Waals surface area contributed by atoms with E-state index in [9.17, 15) is 0 Å². The van der Waals surface area contributed by atoms with E-state index in [1.54, 1.807) is 11.3 Å². The number of nitrogen functional groups attached to an aromatic ring is 1. The molecule has 0 fully saturated rings. The molecule has 2 rings (SSSR count). The SMILES string of the molecule is Cc1cnc(C(C)NCCCc2cccc(N)c2)s1. The summed E-state index contributed by atoms with van der Waals surface area (Å²) in [5.41, 5.74) is 7.92. The molecule has 3 N–H and O–H groups in total. The smallest absolute Gasteiger partial charge is 0.109 e. The van der Waals surface area contributed by atoms with Gasteiger partial charge < -0.3 is 11.1 Å². The maximum absolute atomic E-state index is 5.77. The Kier molecular flexibility index (Phi) is 4.93. The van der Waals surface area contributed by atoms with Gasteiger partial charge in [-0.05, 0) is 50.9 Å². The van der Waals surface area contributed by atoms with E-state index in [1.165, 1.54) is 15.4 Å². The highest BCUT2D eigenvalue weighted by molar-refractivity contribution is 7.11. The summed E-state index contributed by atoms with van der Waals surface area (Å²) in [6.07, 6.45) is 4.10. The largest absolute Gasteiger partial charge is 0.399 e. The molecule has 0 saturated carbocycles. The Bertz CT molecular complexity index is 522. The number of hydrogen-bond acceptors (Lipinski definition) is 4. The Balaban J connectivity index is 1.72. The first-order valence-corrected chi connectivity index (χ1v) is 7.47. The predicted octanol–water partition coefficient (Wildman–Crippen LogP) is 3.32. The Morgan fingerprint density at radius 3 is 2.95 bits per heavy atom. The number of benzene rings is 1. The molecule has 0 aliphatic rings. The van der Waals surface area contributed by atoms with Gasteiger partial charge in [0, 0.05) is 16.8 Å². The third-order valence-electron chi connectivity index (χ3n) is 3.05. The van der Waals surface area contributed by atoms with Gasteiger partial charge in [-0.3, -0.25) is 0 Å². The molecule has 0 aliphatic heterocycles. The molecule has 19 heavy (non-hydrogen) atoms. The van der Waals surface area contributed by atoms with Crippen molar-refractivity contribution in [2.45, 2.75) is 32.7 Å². The summed E-state index contributed by atoms with van der Waals surface area (Å²) in [6, 6.07) is 8.45. The Morgan fingerprint density at radius 1 is 1.42 bits per heavy atom. The summed E-state index contributed by atoms with van der Waals surface area (Å²) in [4.78, 5) is 5.67. The zero-order valence-corrected chi connectivity index (χ0v) is 12.3. The second kappa shape index (κ2) is 6.68. The molecule has 2 aromatic rings. The van der Waals surface area contributed by atoms with Gasteiger partial charge in [-0.15, -0.1) is 11.3 Å². The Labute approximate surface area is 118 Å². The van der Waals surface area contributed by atoms with Crippen LogP contribution in [-0.2, 0) is 6.42 Å². The number of nitrogens with one attached hydrogen (secondary N) is 1. The van der Waals surface area contributed by atoms with Gasteiger partial charge in [-0.1, -0.05) is 12.1 Å². The minimum absolute atomic E-state index is 0.333. The van der Waals surface area contributed by atoms with Crippen LogP contribution in [-0.4, -0.2) is 11.5 Å². The highest BCUT2D eigenvalue weighted by Gasteiger charge is 2.07. The van der Waals surface area contributed by atoms with Crippen LogP contribution >= 0.6 is 11.3 Å². The Hall–Kier alpha value is -1.39. The molecule has 4 heteroatoms. The third-order valence-corrected chi connectivity index (χ3v) is 4.15. The van der Waals surface area contributed by atoms with E-state index in [4.69, 9.17) is 5.73 Å². The molecule has 0 bridgehead atoms. The lowest BCUT2D eigenvalue weighted by Crippen LogP contribution is -2.20. The number of anilines is 1. The van der Waals surface area contributed by atoms with E-state index in [1.807, 2.05) is 24.4 Å². The molecule has 0 saturated heterocycles. The number of nitrogens with two attached hydrogens (primary N) is 1. The summed E-state index contributed by atoms with van der Waals surface area (Å²) < 4.78 is 0. The average molecular weight is 275 g/mol. The summed E-state index contributed by atoms with van der Waals surface area (Å²) in [7, 11) is 0. The van der Waals surface area contributed by atoms with Crippen molar-refractivity contribution in [3.8, 4) is 0 Å². The van der Waals surface area contributed by atoms with Crippen LogP contribution < -0.4 is 11.1 Å². The van der Waals surface area contributed by atoms with Crippen LogP contribution in [0.15, 0.2) is 30.5 Å². The van der Waals surface area contributed by atoms with Gasteiger partial charge in [0.2, 0.25) is 0 Å². The van der Waals surface area contributed by atoms with Crippen molar-refractivity contribution in [2.24, 2.45) is 0 Å². The van der Waals surface area contributed by atoms with Crippen molar-refractivity contribution in [1.29, 1.82) is 0 Å². The van der Waals surface area contributed by atoms with Crippen LogP contribution in [0.1, 0.15) is 34.8 Å². The maximum atomic E-state index is 5.77. The molecule has 0 aliphatic carbocycles. The van der Waals surface area contributed by atoms with Gasteiger partial charge in [0.05, 0.1) is 6.04 Å². The van der Waals surface area contributed by atoms with Crippen LogP contribution in [0.2, 0.25) is 0 Å². The fourth-order valence-electron chi connectivity index (χ4n) is 2.02. The molecule has 1 aromatic carbocycles. The van der Waals surface area contributed by atoms with Crippen molar-refractivity contribution >= 4 is 17.0 Å². The molecule has 1 atom stereocenters. The fourth-order valence-corrected chi connectivity index (χ4v) is 2.82. The van der Waals surface area contributed by atoms with Gasteiger partial charge in [-0.25, -0.2) is 4.98 Å². The standard InChI is InChI=1S/C15H21N3S/c1-11-10-18-15(19-11)12(2)17-8-4-6-13-5-3-7-14(16)9-13/h3,5,7,9-10,12,17H,4,6,8,16H2,1-2H3. The summed E-state index contributed by atoms with van der Waals surface area (Å²) in [5.74, 6) is 0. The second-order valence-corrected chi connectivity index (χ2v) is 6.10. The molecule has 102 valence electrons. The van der Waals surface area contributed by atoms with Crippen molar-refractivity contribution < 1.29 is 0 Å². The highest BCUT2D eigenvalue weighted by atomic mass is 32.1. The van der Waals surface area contributed by atoms with E-state index in [0.29, 0.717) is 6.04 Å². The number of aromatic nitrogens is 1. The lowest BCUT2D eigenvalue weighted by Gasteiger charge is -2.11. The van der Waals surface area contributed by atoms with Gasteiger partial charge in [0.15, 0.2) is 0 Å². The number of thiazole rings is 1. The monoisotopic (exact) mass is 275 g/mol. The number of hydrogen-bond donors (Lipinski definition) is 2. The van der Waals surface area contributed by atoms with Crippen molar-refractivity contribution in [3.63, 3.8) is 0 Å².